The molecular formula is C19H21NO6. The van der Waals surface area contributed by atoms with Crippen LogP contribution in [0.1, 0.15) is 22.8 Å². The summed E-state index contributed by atoms with van der Waals surface area (Å²) in [6.45, 7) is 3.22. The third kappa shape index (κ3) is 4.44. The van der Waals surface area contributed by atoms with Gasteiger partial charge in [0.25, 0.3) is 0 Å². The molecule has 0 radical (unpaired) electrons. The first-order chi connectivity index (χ1) is 12.4. The number of hydrogen-bond acceptors (Lipinski definition) is 6. The number of benzene rings is 2. The normalized spacial score (nSPS) is 10.0. The van der Waals surface area contributed by atoms with Crippen LogP contribution in [-0.4, -0.2) is 33.2 Å². The van der Waals surface area contributed by atoms with Crippen LogP contribution in [0.4, 0.5) is 5.69 Å². The molecule has 0 spiro atoms. The molecule has 2 aromatic rings. The van der Waals surface area contributed by atoms with Gasteiger partial charge >= 0.3 is 5.97 Å². The molecule has 0 fully saturated rings. The topological polar surface area (TPSA) is 83.1 Å². The summed E-state index contributed by atoms with van der Waals surface area (Å²) in [6, 6.07) is 8.05. The number of carbonyl (C=O) groups is 2. The van der Waals surface area contributed by atoms with E-state index in [-0.39, 0.29) is 11.7 Å². The molecule has 0 unspecified atom stereocenters. The Morgan fingerprint density at radius 1 is 0.885 bits per heavy atom. The zero-order valence-electron chi connectivity index (χ0n) is 15.3. The Hall–Kier alpha value is -3.22. The molecule has 2 aromatic carbocycles. The van der Waals surface area contributed by atoms with E-state index in [0.717, 1.165) is 5.56 Å². The Kier molecular flexibility index (Phi) is 6.06. The number of ether oxygens (including phenoxy) is 4. The Bertz CT molecular complexity index is 806. The highest BCUT2D eigenvalue weighted by Crippen LogP contribution is 2.41. The van der Waals surface area contributed by atoms with Gasteiger partial charge in [-0.05, 0) is 30.7 Å². The van der Waals surface area contributed by atoms with Gasteiger partial charge in [-0.15, -0.1) is 0 Å². The Morgan fingerprint density at radius 2 is 1.50 bits per heavy atom. The lowest BCUT2D eigenvalue weighted by molar-refractivity contribution is -0.114. The van der Waals surface area contributed by atoms with Crippen molar-refractivity contribution < 1.29 is 28.5 Å². The maximum Gasteiger partial charge on any atom is 0.343 e. The largest absolute Gasteiger partial charge is 0.493 e. The van der Waals surface area contributed by atoms with Crippen LogP contribution in [0.15, 0.2) is 30.3 Å². The average Bonchev–Trinajstić information content (AvgIpc) is 2.59. The minimum atomic E-state index is -0.574. The van der Waals surface area contributed by atoms with Gasteiger partial charge in [-0.25, -0.2) is 4.79 Å². The van der Waals surface area contributed by atoms with Crippen molar-refractivity contribution in [3.05, 3.63) is 41.5 Å². The van der Waals surface area contributed by atoms with Crippen LogP contribution < -0.4 is 24.3 Å². The zero-order chi connectivity index (χ0) is 19.3. The van der Waals surface area contributed by atoms with Crippen LogP contribution in [0.5, 0.6) is 23.0 Å². The number of aryl methyl sites for hydroxylation is 1. The molecule has 0 aromatic heterocycles. The summed E-state index contributed by atoms with van der Waals surface area (Å²) < 4.78 is 21.2. The molecule has 0 saturated carbocycles. The summed E-state index contributed by atoms with van der Waals surface area (Å²) in [5.74, 6) is 0.593. The van der Waals surface area contributed by atoms with Gasteiger partial charge in [0.1, 0.15) is 5.75 Å². The third-order valence-electron chi connectivity index (χ3n) is 3.48. The molecule has 1 N–H and O–H groups in total. The number of amides is 1. The predicted octanol–water partition coefficient (Wildman–Crippen LogP) is 3.20. The molecule has 0 saturated heterocycles. The maximum absolute atomic E-state index is 12.5. The Balaban J connectivity index is 2.32. The number of anilines is 1. The maximum atomic E-state index is 12.5. The SMILES string of the molecule is COc1cc(OC(=O)c2cc(C)cc(NC(C)=O)c2)cc(OC)c1OC. The van der Waals surface area contributed by atoms with E-state index >= 15 is 0 Å². The van der Waals surface area contributed by atoms with E-state index in [1.165, 1.54) is 40.4 Å². The first-order valence-corrected chi connectivity index (χ1v) is 7.79. The van der Waals surface area contributed by atoms with Crippen LogP contribution in [0, 0.1) is 6.92 Å². The van der Waals surface area contributed by atoms with Crippen molar-refractivity contribution in [2.75, 3.05) is 26.6 Å². The van der Waals surface area contributed by atoms with E-state index in [4.69, 9.17) is 18.9 Å². The minimum Gasteiger partial charge on any atom is -0.493 e. The highest BCUT2D eigenvalue weighted by atomic mass is 16.5. The Labute approximate surface area is 151 Å². The van der Waals surface area contributed by atoms with E-state index in [2.05, 4.69) is 5.32 Å². The smallest absolute Gasteiger partial charge is 0.343 e. The molecule has 0 aliphatic rings. The minimum absolute atomic E-state index is 0.223. The quantitative estimate of drug-likeness (QED) is 0.630. The van der Waals surface area contributed by atoms with Gasteiger partial charge in [0, 0.05) is 24.7 Å². The summed E-state index contributed by atoms with van der Waals surface area (Å²) in [5, 5.41) is 2.65. The zero-order valence-corrected chi connectivity index (χ0v) is 15.3. The molecule has 138 valence electrons. The number of methoxy groups -OCH3 is 3. The van der Waals surface area contributed by atoms with Crippen LogP contribution in [0.2, 0.25) is 0 Å². The van der Waals surface area contributed by atoms with Gasteiger partial charge in [0.2, 0.25) is 11.7 Å². The van der Waals surface area contributed by atoms with Crippen molar-refractivity contribution in [1.29, 1.82) is 0 Å². The molecule has 2 rings (SSSR count). The van der Waals surface area contributed by atoms with Crippen molar-refractivity contribution in [1.82, 2.24) is 0 Å². The molecule has 7 heteroatoms. The molecular weight excluding hydrogens is 338 g/mol. The number of rotatable bonds is 6. The molecule has 0 bridgehead atoms. The number of hydrogen-bond donors (Lipinski definition) is 1. The average molecular weight is 359 g/mol. The predicted molar refractivity (Wildman–Crippen MR) is 96.5 cm³/mol. The number of carbonyl (C=O) groups excluding carboxylic acids is 2. The molecule has 0 aliphatic heterocycles. The summed E-state index contributed by atoms with van der Waals surface area (Å²) >= 11 is 0. The molecule has 1 amide bonds. The van der Waals surface area contributed by atoms with Crippen molar-refractivity contribution >= 4 is 17.6 Å². The van der Waals surface area contributed by atoms with Gasteiger partial charge in [-0.3, -0.25) is 4.79 Å². The second-order valence-corrected chi connectivity index (χ2v) is 5.52. The van der Waals surface area contributed by atoms with Gasteiger partial charge in [-0.1, -0.05) is 0 Å². The molecule has 0 aliphatic carbocycles. The van der Waals surface area contributed by atoms with E-state index in [1.807, 2.05) is 6.92 Å². The fourth-order valence-electron chi connectivity index (χ4n) is 2.46. The monoisotopic (exact) mass is 359 g/mol. The third-order valence-corrected chi connectivity index (χ3v) is 3.48. The van der Waals surface area contributed by atoms with Crippen molar-refractivity contribution in [2.45, 2.75) is 13.8 Å². The van der Waals surface area contributed by atoms with E-state index in [0.29, 0.717) is 28.5 Å². The van der Waals surface area contributed by atoms with E-state index < -0.39 is 5.97 Å². The number of nitrogens with one attached hydrogen (secondary N) is 1. The van der Waals surface area contributed by atoms with Gasteiger partial charge in [0.05, 0.1) is 26.9 Å². The van der Waals surface area contributed by atoms with Crippen LogP contribution in [0.3, 0.4) is 0 Å². The standard InChI is InChI=1S/C19H21NO6/c1-11-6-13(8-14(7-11)20-12(2)21)19(22)26-15-9-16(23-3)18(25-5)17(10-15)24-4/h6-10H,1-5H3,(H,20,21). The van der Waals surface area contributed by atoms with E-state index in [1.54, 1.807) is 18.2 Å². The van der Waals surface area contributed by atoms with Gasteiger partial charge in [0.15, 0.2) is 11.5 Å². The second kappa shape index (κ2) is 8.24. The van der Waals surface area contributed by atoms with Crippen LogP contribution in [-0.2, 0) is 4.79 Å². The summed E-state index contributed by atoms with van der Waals surface area (Å²) in [5.41, 5.74) is 1.64. The first kappa shape index (κ1) is 19.1. The lowest BCUT2D eigenvalue weighted by Crippen LogP contribution is -2.11. The molecule has 0 heterocycles. The Morgan fingerprint density at radius 3 is 2.00 bits per heavy atom. The molecule has 26 heavy (non-hydrogen) atoms. The summed E-state index contributed by atoms with van der Waals surface area (Å²) in [7, 11) is 4.44. The lowest BCUT2D eigenvalue weighted by atomic mass is 10.1. The van der Waals surface area contributed by atoms with E-state index in [9.17, 15) is 9.59 Å². The highest BCUT2D eigenvalue weighted by Gasteiger charge is 2.17. The second-order valence-electron chi connectivity index (χ2n) is 5.52. The highest BCUT2D eigenvalue weighted by molar-refractivity contribution is 5.95. The van der Waals surface area contributed by atoms with Gasteiger partial charge in [-0.2, -0.15) is 0 Å². The first-order valence-electron chi connectivity index (χ1n) is 7.79. The fourth-order valence-corrected chi connectivity index (χ4v) is 2.46. The van der Waals surface area contributed by atoms with Crippen LogP contribution >= 0.6 is 0 Å². The van der Waals surface area contributed by atoms with Crippen LogP contribution in [0.25, 0.3) is 0 Å². The number of esters is 1. The van der Waals surface area contributed by atoms with Crippen molar-refractivity contribution in [3.8, 4) is 23.0 Å². The van der Waals surface area contributed by atoms with Crippen molar-refractivity contribution in [3.63, 3.8) is 0 Å². The summed E-state index contributed by atoms with van der Waals surface area (Å²) in [6.07, 6.45) is 0. The van der Waals surface area contributed by atoms with Gasteiger partial charge < -0.3 is 24.3 Å². The summed E-state index contributed by atoms with van der Waals surface area (Å²) in [4.78, 5) is 23.7. The molecule has 7 nitrogen and oxygen atoms in total. The lowest BCUT2D eigenvalue weighted by Gasteiger charge is -2.14. The fraction of sp³-hybridized carbons (Fsp3) is 0.263. The molecule has 0 atom stereocenters. The van der Waals surface area contributed by atoms with Crippen molar-refractivity contribution in [2.24, 2.45) is 0 Å².